The summed E-state index contributed by atoms with van der Waals surface area (Å²) < 4.78 is 1.77. The number of aryl methyl sites for hydroxylation is 2. The summed E-state index contributed by atoms with van der Waals surface area (Å²) in [6, 6.07) is 0.258. The fourth-order valence-corrected chi connectivity index (χ4v) is 2.19. The molecule has 5 nitrogen and oxygen atoms in total. The highest BCUT2D eigenvalue weighted by atomic mass is 32.1. The van der Waals surface area contributed by atoms with E-state index in [1.807, 2.05) is 13.2 Å². The second-order valence-electron chi connectivity index (χ2n) is 3.76. The summed E-state index contributed by atoms with van der Waals surface area (Å²) in [5.74, 6) is 0. The van der Waals surface area contributed by atoms with Gasteiger partial charge in [-0.1, -0.05) is 5.21 Å². The van der Waals surface area contributed by atoms with E-state index in [-0.39, 0.29) is 6.04 Å². The van der Waals surface area contributed by atoms with Crippen LogP contribution < -0.4 is 5.32 Å². The van der Waals surface area contributed by atoms with Crippen LogP contribution in [0.4, 0.5) is 0 Å². The molecule has 6 heteroatoms. The third kappa shape index (κ3) is 2.45. The molecule has 0 bridgehead atoms. The SMILES string of the molecule is Cc1cnc(C(C)NCc2cnnn2C)s1. The fourth-order valence-electron chi connectivity index (χ4n) is 1.39. The molecular weight excluding hydrogens is 222 g/mol. The molecule has 1 atom stereocenters. The van der Waals surface area contributed by atoms with E-state index in [0.29, 0.717) is 0 Å². The monoisotopic (exact) mass is 237 g/mol. The minimum Gasteiger partial charge on any atom is -0.302 e. The highest BCUT2D eigenvalue weighted by Crippen LogP contribution is 2.19. The van der Waals surface area contributed by atoms with E-state index in [0.717, 1.165) is 17.2 Å². The minimum absolute atomic E-state index is 0.258. The van der Waals surface area contributed by atoms with Crippen LogP contribution in [0.5, 0.6) is 0 Å². The molecule has 2 aromatic heterocycles. The van der Waals surface area contributed by atoms with Crippen molar-refractivity contribution < 1.29 is 0 Å². The number of hydrogen-bond acceptors (Lipinski definition) is 5. The summed E-state index contributed by atoms with van der Waals surface area (Å²) in [5, 5.41) is 12.2. The first-order chi connectivity index (χ1) is 7.66. The molecule has 0 saturated heterocycles. The van der Waals surface area contributed by atoms with Crippen molar-refractivity contribution in [2.45, 2.75) is 26.4 Å². The van der Waals surface area contributed by atoms with Gasteiger partial charge >= 0.3 is 0 Å². The van der Waals surface area contributed by atoms with Gasteiger partial charge in [-0.2, -0.15) is 0 Å². The van der Waals surface area contributed by atoms with E-state index in [2.05, 4.69) is 34.5 Å². The molecule has 0 aliphatic rings. The predicted molar refractivity (Wildman–Crippen MR) is 63.1 cm³/mol. The van der Waals surface area contributed by atoms with Gasteiger partial charge in [0.15, 0.2) is 0 Å². The lowest BCUT2D eigenvalue weighted by molar-refractivity contribution is 0.544. The molecule has 0 aliphatic carbocycles. The summed E-state index contributed by atoms with van der Waals surface area (Å²) in [4.78, 5) is 5.60. The van der Waals surface area contributed by atoms with Gasteiger partial charge in [0.1, 0.15) is 5.01 Å². The number of aromatic nitrogens is 4. The molecular formula is C10H15N5S. The van der Waals surface area contributed by atoms with Crippen LogP contribution in [0.15, 0.2) is 12.4 Å². The van der Waals surface area contributed by atoms with Crippen molar-refractivity contribution >= 4 is 11.3 Å². The zero-order valence-electron chi connectivity index (χ0n) is 9.64. The quantitative estimate of drug-likeness (QED) is 0.874. The molecule has 0 amide bonds. The smallest absolute Gasteiger partial charge is 0.109 e. The molecule has 0 radical (unpaired) electrons. The van der Waals surface area contributed by atoms with E-state index in [9.17, 15) is 0 Å². The first kappa shape index (κ1) is 11.2. The first-order valence-corrected chi connectivity index (χ1v) is 5.97. The summed E-state index contributed by atoms with van der Waals surface area (Å²) >= 11 is 1.73. The number of nitrogens with one attached hydrogen (secondary N) is 1. The van der Waals surface area contributed by atoms with Crippen LogP contribution in [0, 0.1) is 6.92 Å². The van der Waals surface area contributed by atoms with Crippen LogP contribution in [-0.2, 0) is 13.6 Å². The molecule has 1 N–H and O–H groups in total. The highest BCUT2D eigenvalue weighted by Gasteiger charge is 2.09. The average molecular weight is 237 g/mol. The van der Waals surface area contributed by atoms with E-state index < -0.39 is 0 Å². The lowest BCUT2D eigenvalue weighted by atomic mass is 10.3. The van der Waals surface area contributed by atoms with Gasteiger partial charge in [-0.15, -0.1) is 16.4 Å². The third-order valence-corrected chi connectivity index (χ3v) is 3.50. The van der Waals surface area contributed by atoms with Gasteiger partial charge in [-0.25, -0.2) is 4.98 Å². The van der Waals surface area contributed by atoms with Crippen molar-refractivity contribution in [3.63, 3.8) is 0 Å². The van der Waals surface area contributed by atoms with Crippen molar-refractivity contribution in [3.05, 3.63) is 28.0 Å². The Labute approximate surface area is 98.5 Å². The van der Waals surface area contributed by atoms with Gasteiger partial charge in [-0.05, 0) is 13.8 Å². The van der Waals surface area contributed by atoms with Gasteiger partial charge in [-0.3, -0.25) is 4.68 Å². The predicted octanol–water partition coefficient (Wildman–Crippen LogP) is 1.43. The second-order valence-corrected chi connectivity index (χ2v) is 5.03. The van der Waals surface area contributed by atoms with Gasteiger partial charge in [0.2, 0.25) is 0 Å². The van der Waals surface area contributed by atoms with Gasteiger partial charge in [0, 0.05) is 24.7 Å². The van der Waals surface area contributed by atoms with Crippen LogP contribution in [-0.4, -0.2) is 20.0 Å². The highest BCUT2D eigenvalue weighted by molar-refractivity contribution is 7.11. The van der Waals surface area contributed by atoms with Crippen molar-refractivity contribution in [2.75, 3.05) is 0 Å². The Morgan fingerprint density at radius 3 is 2.88 bits per heavy atom. The molecule has 2 aromatic rings. The Morgan fingerprint density at radius 1 is 1.50 bits per heavy atom. The van der Waals surface area contributed by atoms with Crippen LogP contribution in [0.2, 0.25) is 0 Å². The summed E-state index contributed by atoms with van der Waals surface area (Å²) in [7, 11) is 1.89. The average Bonchev–Trinajstić information content (AvgIpc) is 2.84. The molecule has 1 unspecified atom stereocenters. The topological polar surface area (TPSA) is 55.6 Å². The Balaban J connectivity index is 1.93. The fraction of sp³-hybridized carbons (Fsp3) is 0.500. The van der Waals surface area contributed by atoms with E-state index in [1.54, 1.807) is 22.2 Å². The van der Waals surface area contributed by atoms with Gasteiger partial charge in [0.25, 0.3) is 0 Å². The molecule has 2 rings (SSSR count). The summed E-state index contributed by atoms with van der Waals surface area (Å²) in [6.45, 7) is 4.93. The zero-order valence-corrected chi connectivity index (χ0v) is 10.5. The van der Waals surface area contributed by atoms with Crippen LogP contribution in [0.3, 0.4) is 0 Å². The summed E-state index contributed by atoms with van der Waals surface area (Å²) in [5.41, 5.74) is 1.07. The van der Waals surface area contributed by atoms with Gasteiger partial charge < -0.3 is 5.32 Å². The standard InChI is InChI=1S/C10H15N5S/c1-7-4-12-10(16-7)8(2)11-5-9-6-13-14-15(9)3/h4,6,8,11H,5H2,1-3H3. The molecule has 0 aromatic carbocycles. The lowest BCUT2D eigenvalue weighted by Gasteiger charge is -2.10. The maximum absolute atomic E-state index is 4.36. The second kappa shape index (κ2) is 4.71. The molecule has 0 fully saturated rings. The number of hydrogen-bond donors (Lipinski definition) is 1. The molecule has 0 spiro atoms. The van der Waals surface area contributed by atoms with E-state index in [4.69, 9.17) is 0 Å². The van der Waals surface area contributed by atoms with Crippen molar-refractivity contribution in [2.24, 2.45) is 7.05 Å². The Bertz CT molecular complexity index is 461. The molecule has 0 aliphatic heterocycles. The first-order valence-electron chi connectivity index (χ1n) is 5.16. The molecule has 16 heavy (non-hydrogen) atoms. The largest absolute Gasteiger partial charge is 0.302 e. The van der Waals surface area contributed by atoms with Crippen LogP contribution >= 0.6 is 11.3 Å². The Morgan fingerprint density at radius 2 is 2.31 bits per heavy atom. The third-order valence-electron chi connectivity index (χ3n) is 2.41. The van der Waals surface area contributed by atoms with Crippen LogP contribution in [0.25, 0.3) is 0 Å². The Kier molecular flexibility index (Phi) is 3.31. The van der Waals surface area contributed by atoms with E-state index in [1.165, 1.54) is 4.88 Å². The molecule has 86 valence electrons. The molecule has 2 heterocycles. The maximum Gasteiger partial charge on any atom is 0.109 e. The Hall–Kier alpha value is -1.27. The normalized spacial score (nSPS) is 12.9. The zero-order chi connectivity index (χ0) is 11.5. The minimum atomic E-state index is 0.258. The van der Waals surface area contributed by atoms with Crippen molar-refractivity contribution in [3.8, 4) is 0 Å². The number of nitrogens with zero attached hydrogens (tertiary/aromatic N) is 4. The maximum atomic E-state index is 4.36. The summed E-state index contributed by atoms with van der Waals surface area (Å²) in [6.07, 6.45) is 3.68. The number of thiazole rings is 1. The van der Waals surface area contributed by atoms with Crippen molar-refractivity contribution in [1.29, 1.82) is 0 Å². The molecule has 0 saturated carbocycles. The lowest BCUT2D eigenvalue weighted by Crippen LogP contribution is -2.19. The van der Waals surface area contributed by atoms with Gasteiger partial charge in [0.05, 0.1) is 17.9 Å². The van der Waals surface area contributed by atoms with Crippen LogP contribution in [0.1, 0.15) is 28.5 Å². The number of rotatable bonds is 4. The van der Waals surface area contributed by atoms with Crippen molar-refractivity contribution in [1.82, 2.24) is 25.3 Å². The van der Waals surface area contributed by atoms with E-state index >= 15 is 0 Å².